The van der Waals surface area contributed by atoms with E-state index in [1.807, 2.05) is 29.2 Å². The number of methoxy groups -OCH3 is 1. The maximum absolute atomic E-state index is 12.4. The first-order valence-corrected chi connectivity index (χ1v) is 8.74. The molecule has 0 bridgehead atoms. The van der Waals surface area contributed by atoms with Crippen LogP contribution in [0.25, 0.3) is 0 Å². The summed E-state index contributed by atoms with van der Waals surface area (Å²) < 4.78 is 5.16. The number of ether oxygens (including phenoxy) is 1. The molecule has 0 spiro atoms. The van der Waals surface area contributed by atoms with Gasteiger partial charge in [0.2, 0.25) is 0 Å². The summed E-state index contributed by atoms with van der Waals surface area (Å²) in [6, 6.07) is 8.54. The molecule has 2 aliphatic rings. The third-order valence-corrected chi connectivity index (χ3v) is 5.03. The zero-order valence-corrected chi connectivity index (χ0v) is 14.7. The Morgan fingerprint density at radius 2 is 1.92 bits per heavy atom. The van der Waals surface area contributed by atoms with Gasteiger partial charge in [0.05, 0.1) is 7.11 Å². The Morgan fingerprint density at radius 1 is 1.17 bits per heavy atom. The number of piperazine rings is 2. The number of likely N-dealkylation sites (N-methyl/N-ethyl adjacent to an activating group) is 1. The lowest BCUT2D eigenvalue weighted by Gasteiger charge is -2.46. The number of benzene rings is 1. The molecule has 132 valence electrons. The predicted molar refractivity (Wildman–Crippen MR) is 94.5 cm³/mol. The number of hydrogen-bond acceptors (Lipinski definition) is 4. The summed E-state index contributed by atoms with van der Waals surface area (Å²) in [5, 5.41) is 3.06. The zero-order chi connectivity index (χ0) is 16.9. The summed E-state index contributed by atoms with van der Waals surface area (Å²) in [7, 11) is 3.82. The topological polar surface area (TPSA) is 48.1 Å². The van der Waals surface area contributed by atoms with Crippen molar-refractivity contribution in [2.75, 3.05) is 60.0 Å². The molecule has 6 heteroatoms. The summed E-state index contributed by atoms with van der Waals surface area (Å²) in [5.74, 6) is 0.859. The lowest BCUT2D eigenvalue weighted by molar-refractivity contribution is 0.0331. The Morgan fingerprint density at radius 3 is 2.67 bits per heavy atom. The normalized spacial score (nSPS) is 22.1. The summed E-state index contributed by atoms with van der Waals surface area (Å²) in [5.41, 5.74) is 1.20. The predicted octanol–water partition coefficient (Wildman–Crippen LogP) is 0.879. The van der Waals surface area contributed by atoms with Gasteiger partial charge in [-0.3, -0.25) is 4.90 Å². The molecule has 2 fully saturated rings. The molecule has 1 unspecified atom stereocenters. The van der Waals surface area contributed by atoms with Gasteiger partial charge in [0.25, 0.3) is 0 Å². The Hall–Kier alpha value is -1.79. The molecule has 1 N–H and O–H groups in total. The largest absolute Gasteiger partial charge is 0.497 e. The average molecular weight is 332 g/mol. The van der Waals surface area contributed by atoms with Crippen molar-refractivity contribution in [1.29, 1.82) is 0 Å². The first-order chi connectivity index (χ1) is 11.7. The van der Waals surface area contributed by atoms with Crippen molar-refractivity contribution >= 4 is 6.03 Å². The van der Waals surface area contributed by atoms with Crippen LogP contribution >= 0.6 is 0 Å². The smallest absolute Gasteiger partial charge is 0.317 e. The van der Waals surface area contributed by atoms with Gasteiger partial charge in [0, 0.05) is 51.9 Å². The Balaban J connectivity index is 1.43. The highest BCUT2D eigenvalue weighted by Crippen LogP contribution is 2.15. The highest BCUT2D eigenvalue weighted by atomic mass is 16.5. The minimum atomic E-state index is 0.0661. The van der Waals surface area contributed by atoms with Crippen LogP contribution in [-0.2, 0) is 6.42 Å². The Kier molecular flexibility index (Phi) is 5.58. The van der Waals surface area contributed by atoms with Gasteiger partial charge >= 0.3 is 6.03 Å². The van der Waals surface area contributed by atoms with Crippen molar-refractivity contribution in [1.82, 2.24) is 20.0 Å². The standard InChI is InChI=1S/C18H28N4O2/c1-20-9-10-21-11-12-22(14-16(21)13-20)18(23)19-8-7-15-3-5-17(24-2)6-4-15/h3-6,16H,7-14H2,1-2H3,(H,19,23). The van der Waals surface area contributed by atoms with Crippen LogP contribution in [0.2, 0.25) is 0 Å². The van der Waals surface area contributed by atoms with Gasteiger partial charge in [0.1, 0.15) is 5.75 Å². The lowest BCUT2D eigenvalue weighted by Crippen LogP contribution is -2.63. The van der Waals surface area contributed by atoms with E-state index in [1.54, 1.807) is 7.11 Å². The monoisotopic (exact) mass is 332 g/mol. The van der Waals surface area contributed by atoms with Gasteiger partial charge in [0.15, 0.2) is 0 Å². The maximum Gasteiger partial charge on any atom is 0.317 e. The van der Waals surface area contributed by atoms with Crippen molar-refractivity contribution < 1.29 is 9.53 Å². The van der Waals surface area contributed by atoms with E-state index in [4.69, 9.17) is 4.74 Å². The third-order valence-electron chi connectivity index (χ3n) is 5.03. The SMILES string of the molecule is COc1ccc(CCNC(=O)N2CCN3CCN(C)CC3C2)cc1. The number of urea groups is 1. The molecular weight excluding hydrogens is 304 g/mol. The summed E-state index contributed by atoms with van der Waals surface area (Å²) in [4.78, 5) is 19.2. The quantitative estimate of drug-likeness (QED) is 0.889. The fourth-order valence-corrected chi connectivity index (χ4v) is 3.51. The van der Waals surface area contributed by atoms with E-state index in [0.717, 1.165) is 51.4 Å². The highest BCUT2D eigenvalue weighted by Gasteiger charge is 2.32. The van der Waals surface area contributed by atoms with E-state index in [1.165, 1.54) is 5.56 Å². The number of carbonyl (C=O) groups excluding carboxylic acids is 1. The Bertz CT molecular complexity index is 548. The molecule has 0 aromatic heterocycles. The lowest BCUT2D eigenvalue weighted by atomic mass is 10.1. The number of nitrogens with one attached hydrogen (secondary N) is 1. The summed E-state index contributed by atoms with van der Waals surface area (Å²) in [6.07, 6.45) is 0.835. The number of fused-ring (bicyclic) bond motifs is 1. The van der Waals surface area contributed by atoms with Gasteiger partial charge in [-0.1, -0.05) is 12.1 Å². The van der Waals surface area contributed by atoms with Crippen LogP contribution in [0.3, 0.4) is 0 Å². The number of hydrogen-bond donors (Lipinski definition) is 1. The molecule has 2 aliphatic heterocycles. The van der Waals surface area contributed by atoms with E-state index < -0.39 is 0 Å². The van der Waals surface area contributed by atoms with Crippen LogP contribution in [-0.4, -0.2) is 86.7 Å². The van der Waals surface area contributed by atoms with Gasteiger partial charge in [-0.05, 0) is 31.2 Å². The van der Waals surface area contributed by atoms with Crippen LogP contribution in [0.1, 0.15) is 5.56 Å². The molecule has 1 aromatic carbocycles. The fourth-order valence-electron chi connectivity index (χ4n) is 3.51. The summed E-state index contributed by atoms with van der Waals surface area (Å²) in [6.45, 7) is 6.61. The van der Waals surface area contributed by atoms with Crippen LogP contribution < -0.4 is 10.1 Å². The minimum Gasteiger partial charge on any atom is -0.497 e. The van der Waals surface area contributed by atoms with Crippen molar-refractivity contribution in [3.05, 3.63) is 29.8 Å². The van der Waals surface area contributed by atoms with Crippen LogP contribution in [0.5, 0.6) is 5.75 Å². The molecule has 6 nitrogen and oxygen atoms in total. The molecule has 1 aromatic rings. The van der Waals surface area contributed by atoms with Crippen molar-refractivity contribution in [2.45, 2.75) is 12.5 Å². The van der Waals surface area contributed by atoms with E-state index in [-0.39, 0.29) is 6.03 Å². The first kappa shape index (κ1) is 17.0. The molecule has 2 heterocycles. The molecule has 24 heavy (non-hydrogen) atoms. The number of rotatable bonds is 4. The Labute approximate surface area is 144 Å². The second kappa shape index (κ2) is 7.85. The molecule has 3 rings (SSSR count). The first-order valence-electron chi connectivity index (χ1n) is 8.74. The fraction of sp³-hybridized carbons (Fsp3) is 0.611. The number of carbonyl (C=O) groups is 1. The van der Waals surface area contributed by atoms with Crippen LogP contribution in [0.15, 0.2) is 24.3 Å². The minimum absolute atomic E-state index is 0.0661. The van der Waals surface area contributed by atoms with E-state index >= 15 is 0 Å². The summed E-state index contributed by atoms with van der Waals surface area (Å²) >= 11 is 0. The molecular formula is C18H28N4O2. The molecule has 2 saturated heterocycles. The van der Waals surface area contributed by atoms with Crippen LogP contribution in [0.4, 0.5) is 4.79 Å². The molecule has 0 aliphatic carbocycles. The molecule has 0 saturated carbocycles. The van der Waals surface area contributed by atoms with Gasteiger partial charge < -0.3 is 19.9 Å². The molecule has 1 atom stereocenters. The van der Waals surface area contributed by atoms with E-state index in [0.29, 0.717) is 12.6 Å². The molecule has 0 radical (unpaired) electrons. The average Bonchev–Trinajstić information content (AvgIpc) is 2.61. The van der Waals surface area contributed by atoms with Crippen molar-refractivity contribution in [3.8, 4) is 5.75 Å². The van der Waals surface area contributed by atoms with E-state index in [2.05, 4.69) is 22.2 Å². The maximum atomic E-state index is 12.4. The van der Waals surface area contributed by atoms with Gasteiger partial charge in [-0.25, -0.2) is 4.79 Å². The van der Waals surface area contributed by atoms with Crippen molar-refractivity contribution in [3.63, 3.8) is 0 Å². The number of nitrogens with zero attached hydrogens (tertiary/aromatic N) is 3. The highest BCUT2D eigenvalue weighted by molar-refractivity contribution is 5.74. The number of amides is 2. The van der Waals surface area contributed by atoms with Gasteiger partial charge in [-0.15, -0.1) is 0 Å². The second-order valence-electron chi connectivity index (χ2n) is 6.73. The van der Waals surface area contributed by atoms with Gasteiger partial charge in [-0.2, -0.15) is 0 Å². The third kappa shape index (κ3) is 4.19. The zero-order valence-electron chi connectivity index (χ0n) is 14.7. The van der Waals surface area contributed by atoms with E-state index in [9.17, 15) is 4.79 Å². The van der Waals surface area contributed by atoms with Crippen LogP contribution in [0, 0.1) is 0 Å². The molecule has 2 amide bonds. The second-order valence-corrected chi connectivity index (χ2v) is 6.73. The van der Waals surface area contributed by atoms with Crippen molar-refractivity contribution in [2.24, 2.45) is 0 Å².